The van der Waals surface area contributed by atoms with Gasteiger partial charge in [0, 0.05) is 11.3 Å². The lowest BCUT2D eigenvalue weighted by Gasteiger charge is -2.19. The monoisotopic (exact) mass is 321 g/mol. The lowest BCUT2D eigenvalue weighted by atomic mass is 10.2. The highest BCUT2D eigenvalue weighted by Gasteiger charge is 2.26. The van der Waals surface area contributed by atoms with E-state index < -0.39 is 5.76 Å². The minimum Gasteiger partial charge on any atom is -0.464 e. The van der Waals surface area contributed by atoms with Crippen molar-refractivity contribution in [3.05, 3.63) is 23.7 Å². The van der Waals surface area contributed by atoms with Crippen LogP contribution in [0.4, 0.5) is 8.78 Å². The van der Waals surface area contributed by atoms with Gasteiger partial charge in [0.15, 0.2) is 0 Å². The number of nitrogens with one attached hydrogen (secondary N) is 1. The van der Waals surface area contributed by atoms with Gasteiger partial charge >= 0.3 is 0 Å². The molecule has 1 aliphatic carbocycles. The van der Waals surface area contributed by atoms with Crippen LogP contribution in [0, 0.1) is 0 Å². The molecule has 1 aromatic rings. The summed E-state index contributed by atoms with van der Waals surface area (Å²) in [5.41, 5.74) is 0. The SMILES string of the molecule is CCSC1CCCC1NCc1ccc(CSC(F)F)o1. The Labute approximate surface area is 127 Å². The summed E-state index contributed by atoms with van der Waals surface area (Å²) >= 11 is 2.62. The van der Waals surface area contributed by atoms with Crippen molar-refractivity contribution in [1.29, 1.82) is 0 Å². The Morgan fingerprint density at radius 3 is 2.90 bits per heavy atom. The molecule has 114 valence electrons. The van der Waals surface area contributed by atoms with Crippen LogP contribution in [0.5, 0.6) is 0 Å². The quantitative estimate of drug-likeness (QED) is 0.762. The van der Waals surface area contributed by atoms with Gasteiger partial charge in [-0.3, -0.25) is 0 Å². The molecule has 2 atom stereocenters. The highest BCUT2D eigenvalue weighted by atomic mass is 32.2. The van der Waals surface area contributed by atoms with Crippen LogP contribution in [-0.4, -0.2) is 22.8 Å². The summed E-state index contributed by atoms with van der Waals surface area (Å²) in [6.07, 6.45) is 3.78. The van der Waals surface area contributed by atoms with E-state index in [-0.39, 0.29) is 5.75 Å². The van der Waals surface area contributed by atoms with Crippen LogP contribution in [0.15, 0.2) is 16.5 Å². The van der Waals surface area contributed by atoms with Crippen molar-refractivity contribution in [3.63, 3.8) is 0 Å². The van der Waals surface area contributed by atoms with Crippen LogP contribution in [-0.2, 0) is 12.3 Å². The van der Waals surface area contributed by atoms with Gasteiger partial charge in [-0.25, -0.2) is 0 Å². The Balaban J connectivity index is 1.76. The van der Waals surface area contributed by atoms with Crippen LogP contribution < -0.4 is 5.32 Å². The van der Waals surface area contributed by atoms with E-state index in [1.807, 2.05) is 17.8 Å². The predicted molar refractivity (Wildman–Crippen MR) is 82.4 cm³/mol. The maximum Gasteiger partial charge on any atom is 0.284 e. The summed E-state index contributed by atoms with van der Waals surface area (Å²) in [5, 5.41) is 4.24. The Morgan fingerprint density at radius 2 is 2.15 bits per heavy atom. The fraction of sp³-hybridized carbons (Fsp3) is 0.714. The fourth-order valence-corrected chi connectivity index (χ4v) is 4.22. The summed E-state index contributed by atoms with van der Waals surface area (Å²) in [6.45, 7) is 2.88. The highest BCUT2D eigenvalue weighted by molar-refractivity contribution is 7.99. The van der Waals surface area contributed by atoms with Crippen LogP contribution in [0.1, 0.15) is 37.7 Å². The summed E-state index contributed by atoms with van der Waals surface area (Å²) < 4.78 is 29.8. The van der Waals surface area contributed by atoms with E-state index >= 15 is 0 Å². The summed E-state index contributed by atoms with van der Waals surface area (Å²) in [5.74, 6) is 0.501. The molecule has 0 spiro atoms. The third-order valence-electron chi connectivity index (χ3n) is 3.44. The lowest BCUT2D eigenvalue weighted by Crippen LogP contribution is -2.33. The van der Waals surface area contributed by atoms with E-state index in [1.165, 1.54) is 19.3 Å². The number of alkyl halides is 2. The second-order valence-corrected chi connectivity index (χ2v) is 7.35. The zero-order valence-electron chi connectivity index (χ0n) is 11.6. The van der Waals surface area contributed by atoms with Crippen molar-refractivity contribution in [3.8, 4) is 0 Å². The third kappa shape index (κ3) is 4.97. The topological polar surface area (TPSA) is 25.2 Å². The zero-order valence-corrected chi connectivity index (χ0v) is 13.2. The average molecular weight is 321 g/mol. The van der Waals surface area contributed by atoms with Crippen LogP contribution in [0.3, 0.4) is 0 Å². The number of hydrogen-bond donors (Lipinski definition) is 1. The van der Waals surface area contributed by atoms with Crippen LogP contribution >= 0.6 is 23.5 Å². The predicted octanol–water partition coefficient (Wildman–Crippen LogP) is 4.50. The van der Waals surface area contributed by atoms with Gasteiger partial charge in [0.1, 0.15) is 11.5 Å². The van der Waals surface area contributed by atoms with Crippen molar-refractivity contribution in [2.45, 2.75) is 55.5 Å². The summed E-state index contributed by atoms with van der Waals surface area (Å²) in [4.78, 5) is 0. The molecule has 1 saturated carbocycles. The number of hydrogen-bond acceptors (Lipinski definition) is 4. The van der Waals surface area contributed by atoms with Gasteiger partial charge in [0.25, 0.3) is 5.76 Å². The van der Waals surface area contributed by atoms with Crippen molar-refractivity contribution in [1.82, 2.24) is 5.32 Å². The third-order valence-corrected chi connectivity index (χ3v) is 5.47. The lowest BCUT2D eigenvalue weighted by molar-refractivity contribution is 0.251. The second-order valence-electron chi connectivity index (χ2n) is 4.85. The van der Waals surface area contributed by atoms with Crippen LogP contribution in [0.2, 0.25) is 0 Å². The van der Waals surface area contributed by atoms with E-state index in [9.17, 15) is 8.78 Å². The summed E-state index contributed by atoms with van der Waals surface area (Å²) in [7, 11) is 0. The minimum atomic E-state index is -2.34. The van der Waals surface area contributed by atoms with E-state index in [4.69, 9.17) is 4.42 Å². The molecular formula is C14H21F2NOS2. The molecular weight excluding hydrogens is 300 g/mol. The smallest absolute Gasteiger partial charge is 0.284 e. The largest absolute Gasteiger partial charge is 0.464 e. The standard InChI is InChI=1S/C14H21F2NOS2/c1-2-19-13-5-3-4-12(13)17-8-10-6-7-11(18-10)9-20-14(15)16/h6-7,12-14,17H,2-5,8-9H2,1H3. The van der Waals surface area contributed by atoms with Gasteiger partial charge in [-0.15, -0.1) is 0 Å². The van der Waals surface area contributed by atoms with Crippen molar-refractivity contribution >= 4 is 23.5 Å². The minimum absolute atomic E-state index is 0.232. The van der Waals surface area contributed by atoms with Crippen molar-refractivity contribution in [2.75, 3.05) is 5.75 Å². The molecule has 0 bridgehead atoms. The molecule has 0 aromatic carbocycles. The van der Waals surface area contributed by atoms with E-state index in [0.29, 0.717) is 35.4 Å². The van der Waals surface area contributed by atoms with Crippen molar-refractivity contribution in [2.24, 2.45) is 0 Å². The maximum absolute atomic E-state index is 12.1. The highest BCUT2D eigenvalue weighted by Crippen LogP contribution is 2.30. The maximum atomic E-state index is 12.1. The Kier molecular flexibility index (Phi) is 6.71. The van der Waals surface area contributed by atoms with Gasteiger partial charge < -0.3 is 9.73 Å². The number of halogens is 2. The molecule has 2 rings (SSSR count). The molecule has 20 heavy (non-hydrogen) atoms. The first-order chi connectivity index (χ1) is 9.69. The zero-order chi connectivity index (χ0) is 14.4. The van der Waals surface area contributed by atoms with Crippen LogP contribution in [0.25, 0.3) is 0 Å². The molecule has 2 unspecified atom stereocenters. The molecule has 1 fully saturated rings. The van der Waals surface area contributed by atoms with E-state index in [1.54, 1.807) is 6.07 Å². The first-order valence-electron chi connectivity index (χ1n) is 7.01. The fourth-order valence-electron chi connectivity index (χ4n) is 2.54. The number of thioether (sulfide) groups is 2. The molecule has 6 heteroatoms. The molecule has 1 aromatic heterocycles. The first-order valence-corrected chi connectivity index (χ1v) is 9.11. The van der Waals surface area contributed by atoms with Gasteiger partial charge in [-0.2, -0.15) is 20.5 Å². The van der Waals surface area contributed by atoms with Gasteiger partial charge in [0.2, 0.25) is 0 Å². The number of furan rings is 1. The molecule has 0 amide bonds. The Morgan fingerprint density at radius 1 is 1.35 bits per heavy atom. The Bertz CT molecular complexity index is 400. The van der Waals surface area contributed by atoms with Crippen molar-refractivity contribution < 1.29 is 13.2 Å². The molecule has 1 N–H and O–H groups in total. The second kappa shape index (κ2) is 8.29. The van der Waals surface area contributed by atoms with Gasteiger partial charge in [-0.1, -0.05) is 25.1 Å². The number of rotatable bonds is 8. The summed E-state index contributed by atoms with van der Waals surface area (Å²) in [6, 6.07) is 4.22. The van der Waals surface area contributed by atoms with Gasteiger partial charge in [-0.05, 0) is 30.7 Å². The first kappa shape index (κ1) is 16.2. The normalized spacial score (nSPS) is 22.8. The molecule has 1 heterocycles. The van der Waals surface area contributed by atoms with E-state index in [0.717, 1.165) is 11.5 Å². The van der Waals surface area contributed by atoms with Gasteiger partial charge in [0.05, 0.1) is 12.3 Å². The molecule has 0 saturated heterocycles. The molecule has 0 aliphatic heterocycles. The molecule has 0 radical (unpaired) electrons. The molecule has 2 nitrogen and oxygen atoms in total. The molecule has 1 aliphatic rings. The Hall–Kier alpha value is -0.200. The van der Waals surface area contributed by atoms with E-state index in [2.05, 4.69) is 12.2 Å². The average Bonchev–Trinajstić information content (AvgIpc) is 3.03.